The number of ether oxygens (including phenoxy) is 1. The van der Waals surface area contributed by atoms with E-state index in [1.165, 1.54) is 0 Å². The van der Waals surface area contributed by atoms with Crippen molar-refractivity contribution in [3.63, 3.8) is 0 Å². The first-order chi connectivity index (χ1) is 13.6. The van der Waals surface area contributed by atoms with Crippen LogP contribution in [0.4, 0.5) is 0 Å². The van der Waals surface area contributed by atoms with E-state index in [9.17, 15) is 9.59 Å². The third kappa shape index (κ3) is 4.63. The first kappa shape index (κ1) is 19.7. The van der Waals surface area contributed by atoms with Gasteiger partial charge in [0.1, 0.15) is 12.4 Å². The lowest BCUT2D eigenvalue weighted by Crippen LogP contribution is -2.31. The maximum absolute atomic E-state index is 12.7. The van der Waals surface area contributed by atoms with Gasteiger partial charge in [0.15, 0.2) is 0 Å². The minimum absolute atomic E-state index is 0.0568. The molecule has 0 aliphatic rings. The van der Waals surface area contributed by atoms with Crippen molar-refractivity contribution in [1.29, 1.82) is 0 Å². The van der Waals surface area contributed by atoms with Gasteiger partial charge in [0.25, 0.3) is 0 Å². The van der Waals surface area contributed by atoms with E-state index in [4.69, 9.17) is 4.74 Å². The highest BCUT2D eigenvalue weighted by atomic mass is 16.5. The molecule has 3 rings (SSSR count). The first-order valence-corrected chi connectivity index (χ1v) is 9.74. The van der Waals surface area contributed by atoms with Gasteiger partial charge >= 0.3 is 5.69 Å². The van der Waals surface area contributed by atoms with E-state index in [0.29, 0.717) is 26.2 Å². The van der Waals surface area contributed by atoms with Gasteiger partial charge in [0, 0.05) is 19.5 Å². The zero-order valence-electron chi connectivity index (χ0n) is 16.5. The van der Waals surface area contributed by atoms with Crippen molar-refractivity contribution in [2.45, 2.75) is 39.8 Å². The van der Waals surface area contributed by atoms with Crippen LogP contribution in [0.2, 0.25) is 0 Å². The number of nitrogens with zero attached hydrogens (tertiary/aromatic N) is 2. The fourth-order valence-electron chi connectivity index (χ4n) is 3.29. The standard InChI is InChI=1S/C22H27N3O3/c1-3-13-24-19-9-4-5-10-20(19)25(22(24)27)14-11-21(26)23-12-15-28-18-8-6-7-17(2)16-18/h4-10,16H,3,11-15H2,1-2H3,(H,23,26). The average molecular weight is 381 g/mol. The summed E-state index contributed by atoms with van der Waals surface area (Å²) in [6.45, 7) is 5.93. The molecule has 0 saturated carbocycles. The van der Waals surface area contributed by atoms with Crippen LogP contribution in [-0.4, -0.2) is 28.2 Å². The molecule has 28 heavy (non-hydrogen) atoms. The minimum atomic E-state index is -0.0907. The number of amides is 1. The van der Waals surface area contributed by atoms with Crippen LogP contribution < -0.4 is 15.7 Å². The van der Waals surface area contributed by atoms with Crippen molar-refractivity contribution < 1.29 is 9.53 Å². The largest absolute Gasteiger partial charge is 0.492 e. The second-order valence-corrected chi connectivity index (χ2v) is 6.84. The predicted molar refractivity (Wildman–Crippen MR) is 111 cm³/mol. The first-order valence-electron chi connectivity index (χ1n) is 9.74. The summed E-state index contributed by atoms with van der Waals surface area (Å²) in [6.07, 6.45) is 1.14. The Morgan fingerprint density at radius 2 is 1.75 bits per heavy atom. The molecule has 0 aliphatic heterocycles. The Kier molecular flexibility index (Phi) is 6.53. The molecule has 6 nitrogen and oxygen atoms in total. The normalized spacial score (nSPS) is 10.9. The number of hydrogen-bond donors (Lipinski definition) is 1. The number of carbonyl (C=O) groups excluding carboxylic acids is 1. The van der Waals surface area contributed by atoms with Gasteiger partial charge in [0.05, 0.1) is 17.6 Å². The summed E-state index contributed by atoms with van der Waals surface area (Å²) in [5.74, 6) is 0.705. The second kappa shape index (κ2) is 9.26. The molecule has 0 spiro atoms. The number of aryl methyl sites for hydroxylation is 3. The van der Waals surface area contributed by atoms with Crippen molar-refractivity contribution in [2.24, 2.45) is 0 Å². The molecule has 6 heteroatoms. The number of carbonyl (C=O) groups is 1. The molecule has 1 aromatic heterocycles. The average Bonchev–Trinajstić information content (AvgIpc) is 2.95. The van der Waals surface area contributed by atoms with E-state index in [0.717, 1.165) is 28.8 Å². The summed E-state index contributed by atoms with van der Waals surface area (Å²) in [5, 5.41) is 2.85. The van der Waals surface area contributed by atoms with Crippen LogP contribution in [0.1, 0.15) is 25.3 Å². The summed E-state index contributed by atoms with van der Waals surface area (Å²) in [7, 11) is 0. The molecule has 1 amide bonds. The molecular formula is C22H27N3O3. The monoisotopic (exact) mass is 381 g/mol. The Bertz CT molecular complexity index is 1000. The molecule has 0 saturated heterocycles. The highest BCUT2D eigenvalue weighted by molar-refractivity contribution is 5.78. The van der Waals surface area contributed by atoms with E-state index in [1.54, 1.807) is 9.13 Å². The molecule has 1 N–H and O–H groups in total. The fraction of sp³-hybridized carbons (Fsp3) is 0.364. The molecule has 0 atom stereocenters. The summed E-state index contributed by atoms with van der Waals surface area (Å²) in [5.41, 5.74) is 2.87. The van der Waals surface area contributed by atoms with Gasteiger partial charge in [-0.1, -0.05) is 31.2 Å². The van der Waals surface area contributed by atoms with Gasteiger partial charge in [-0.15, -0.1) is 0 Å². The Balaban J connectivity index is 1.53. The quantitative estimate of drug-likeness (QED) is 0.579. The van der Waals surface area contributed by atoms with Crippen LogP contribution in [0.15, 0.2) is 53.3 Å². The van der Waals surface area contributed by atoms with Crippen LogP contribution in [-0.2, 0) is 17.9 Å². The third-order valence-corrected chi connectivity index (χ3v) is 4.62. The van der Waals surface area contributed by atoms with E-state index in [-0.39, 0.29) is 18.0 Å². The summed E-state index contributed by atoms with van der Waals surface area (Å²) in [6, 6.07) is 15.5. The maximum atomic E-state index is 12.7. The van der Waals surface area contributed by atoms with E-state index < -0.39 is 0 Å². The minimum Gasteiger partial charge on any atom is -0.492 e. The van der Waals surface area contributed by atoms with E-state index in [1.807, 2.05) is 62.4 Å². The number of imidazole rings is 1. The maximum Gasteiger partial charge on any atom is 0.329 e. The zero-order chi connectivity index (χ0) is 19.9. The van der Waals surface area contributed by atoms with Crippen molar-refractivity contribution in [3.8, 4) is 5.75 Å². The highest BCUT2D eigenvalue weighted by Gasteiger charge is 2.13. The second-order valence-electron chi connectivity index (χ2n) is 6.84. The summed E-state index contributed by atoms with van der Waals surface area (Å²) >= 11 is 0. The van der Waals surface area contributed by atoms with Crippen molar-refractivity contribution >= 4 is 16.9 Å². The molecule has 1 heterocycles. The lowest BCUT2D eigenvalue weighted by Gasteiger charge is -2.08. The molecule has 0 unspecified atom stereocenters. The van der Waals surface area contributed by atoms with Crippen LogP contribution in [0.25, 0.3) is 11.0 Å². The number of hydrogen-bond acceptors (Lipinski definition) is 3. The number of aromatic nitrogens is 2. The SMILES string of the molecule is CCCn1c(=O)n(CCC(=O)NCCOc2cccc(C)c2)c2ccccc21. The van der Waals surface area contributed by atoms with Crippen LogP contribution in [0, 0.1) is 6.92 Å². The Hall–Kier alpha value is -3.02. The molecule has 0 aliphatic carbocycles. The number of para-hydroxylation sites is 2. The lowest BCUT2D eigenvalue weighted by atomic mass is 10.2. The van der Waals surface area contributed by atoms with Gasteiger partial charge in [-0.05, 0) is 43.2 Å². The molecule has 148 valence electrons. The number of rotatable bonds is 9. The number of benzene rings is 2. The zero-order valence-corrected chi connectivity index (χ0v) is 16.5. The Morgan fingerprint density at radius 1 is 1.04 bits per heavy atom. The van der Waals surface area contributed by atoms with Crippen LogP contribution in [0.3, 0.4) is 0 Å². The van der Waals surface area contributed by atoms with Crippen molar-refractivity contribution in [1.82, 2.24) is 14.5 Å². The van der Waals surface area contributed by atoms with Gasteiger partial charge in [-0.2, -0.15) is 0 Å². The van der Waals surface area contributed by atoms with Gasteiger partial charge < -0.3 is 10.1 Å². The Morgan fingerprint density at radius 3 is 2.43 bits per heavy atom. The van der Waals surface area contributed by atoms with Gasteiger partial charge in [0.2, 0.25) is 5.91 Å². The van der Waals surface area contributed by atoms with Gasteiger partial charge in [-0.3, -0.25) is 13.9 Å². The number of nitrogens with one attached hydrogen (secondary N) is 1. The van der Waals surface area contributed by atoms with Crippen molar-refractivity contribution in [2.75, 3.05) is 13.2 Å². The van der Waals surface area contributed by atoms with Crippen LogP contribution >= 0.6 is 0 Å². The topological polar surface area (TPSA) is 65.3 Å². The number of fused-ring (bicyclic) bond motifs is 1. The lowest BCUT2D eigenvalue weighted by molar-refractivity contribution is -0.121. The predicted octanol–water partition coefficient (Wildman–Crippen LogP) is 3.11. The molecule has 2 aromatic carbocycles. The van der Waals surface area contributed by atoms with E-state index >= 15 is 0 Å². The smallest absolute Gasteiger partial charge is 0.329 e. The highest BCUT2D eigenvalue weighted by Crippen LogP contribution is 2.14. The van der Waals surface area contributed by atoms with Crippen LogP contribution in [0.5, 0.6) is 5.75 Å². The molecule has 0 fully saturated rings. The molecule has 3 aromatic rings. The fourth-order valence-corrected chi connectivity index (χ4v) is 3.29. The molecule has 0 radical (unpaired) electrons. The third-order valence-electron chi connectivity index (χ3n) is 4.62. The van der Waals surface area contributed by atoms with E-state index in [2.05, 4.69) is 5.32 Å². The molecular weight excluding hydrogens is 354 g/mol. The van der Waals surface area contributed by atoms with Gasteiger partial charge in [-0.25, -0.2) is 4.79 Å². The summed E-state index contributed by atoms with van der Waals surface area (Å²) in [4.78, 5) is 24.9. The summed E-state index contributed by atoms with van der Waals surface area (Å²) < 4.78 is 9.10. The Labute approximate surface area is 164 Å². The van der Waals surface area contributed by atoms with Crippen molar-refractivity contribution in [3.05, 3.63) is 64.6 Å². The molecule has 0 bridgehead atoms.